The number of hydrogen-bond donors (Lipinski definition) is 3. The zero-order valence-corrected chi connectivity index (χ0v) is 14.0. The highest BCUT2D eigenvalue weighted by atomic mass is 16.4. The Balaban J connectivity index is 1.67. The number of rotatable bonds is 4. The molecule has 1 aromatic heterocycles. The van der Waals surface area contributed by atoms with E-state index in [1.54, 1.807) is 0 Å². The zero-order chi connectivity index (χ0) is 18.0. The fraction of sp³-hybridized carbons (Fsp3) is 0.389. The number of nitrogens with zero attached hydrogens (tertiary/aromatic N) is 1. The molecule has 0 spiro atoms. The Hall–Kier alpha value is -2.83. The van der Waals surface area contributed by atoms with Crippen LogP contribution in [0.4, 0.5) is 0 Å². The van der Waals surface area contributed by atoms with Gasteiger partial charge in [-0.3, -0.25) is 19.5 Å². The van der Waals surface area contributed by atoms with Crippen molar-refractivity contribution in [2.45, 2.75) is 38.6 Å². The van der Waals surface area contributed by atoms with Crippen LogP contribution in [0.3, 0.4) is 0 Å². The molecular weight excluding hydrogens is 322 g/mol. The fourth-order valence-corrected chi connectivity index (χ4v) is 3.15. The molecule has 0 bridgehead atoms. The van der Waals surface area contributed by atoms with Gasteiger partial charge in [-0.05, 0) is 44.7 Å². The van der Waals surface area contributed by atoms with Gasteiger partial charge >= 0.3 is 5.97 Å². The molecule has 1 amide bonds. The van der Waals surface area contributed by atoms with E-state index < -0.39 is 5.97 Å². The quantitative estimate of drug-likeness (QED) is 0.788. The summed E-state index contributed by atoms with van der Waals surface area (Å²) in [6.07, 6.45) is 2.37. The van der Waals surface area contributed by atoms with Crippen molar-refractivity contribution in [1.82, 2.24) is 15.1 Å². The number of amides is 1. The lowest BCUT2D eigenvalue weighted by molar-refractivity contribution is -0.142. The van der Waals surface area contributed by atoms with E-state index in [1.165, 1.54) is 10.7 Å². The van der Waals surface area contributed by atoms with Crippen LogP contribution < -0.4 is 10.9 Å². The van der Waals surface area contributed by atoms with Crippen molar-refractivity contribution >= 4 is 11.9 Å². The molecule has 7 nitrogen and oxygen atoms in total. The first kappa shape index (κ1) is 17.0. The van der Waals surface area contributed by atoms with Gasteiger partial charge in [0, 0.05) is 12.1 Å². The first-order valence-corrected chi connectivity index (χ1v) is 8.37. The third-order valence-corrected chi connectivity index (χ3v) is 4.67. The van der Waals surface area contributed by atoms with Gasteiger partial charge in [-0.25, -0.2) is 4.68 Å². The van der Waals surface area contributed by atoms with Gasteiger partial charge in [0.25, 0.3) is 11.5 Å². The number of H-pyrrole nitrogens is 1. The first-order valence-electron chi connectivity index (χ1n) is 8.37. The summed E-state index contributed by atoms with van der Waals surface area (Å²) in [6, 6.07) is 8.61. The van der Waals surface area contributed by atoms with Crippen LogP contribution in [-0.4, -0.2) is 32.8 Å². The molecule has 1 aliphatic rings. The van der Waals surface area contributed by atoms with Crippen LogP contribution in [0.5, 0.6) is 0 Å². The Bertz CT molecular complexity index is 827. The molecule has 25 heavy (non-hydrogen) atoms. The summed E-state index contributed by atoms with van der Waals surface area (Å²) in [5.74, 6) is -1.44. The summed E-state index contributed by atoms with van der Waals surface area (Å²) < 4.78 is 1.33. The maximum atomic E-state index is 12.4. The molecule has 3 rings (SSSR count). The highest BCUT2D eigenvalue weighted by Gasteiger charge is 2.27. The molecule has 0 saturated heterocycles. The average molecular weight is 343 g/mol. The van der Waals surface area contributed by atoms with Crippen LogP contribution in [0.15, 0.2) is 35.1 Å². The predicted octanol–water partition coefficient (Wildman–Crippen LogP) is 1.85. The van der Waals surface area contributed by atoms with E-state index in [0.717, 1.165) is 5.56 Å². The number of nitrogens with one attached hydrogen (secondary N) is 2. The van der Waals surface area contributed by atoms with Gasteiger partial charge in [-0.1, -0.05) is 17.7 Å². The molecule has 1 aromatic carbocycles. The molecule has 0 atom stereocenters. The highest BCUT2D eigenvalue weighted by molar-refractivity contribution is 5.92. The minimum atomic E-state index is -0.774. The number of benzene rings is 1. The fourth-order valence-electron chi connectivity index (χ4n) is 3.15. The summed E-state index contributed by atoms with van der Waals surface area (Å²) in [6.45, 7) is 1.96. The van der Waals surface area contributed by atoms with E-state index in [9.17, 15) is 14.4 Å². The Morgan fingerprint density at radius 2 is 1.80 bits per heavy atom. The molecule has 3 N–H and O–H groups in total. The Labute approximate surface area is 144 Å². The molecule has 132 valence electrons. The first-order chi connectivity index (χ1) is 11.9. The van der Waals surface area contributed by atoms with Crippen molar-refractivity contribution in [3.8, 4) is 5.69 Å². The van der Waals surface area contributed by atoms with Crippen molar-refractivity contribution in [3.05, 3.63) is 51.9 Å². The lowest BCUT2D eigenvalue weighted by Crippen LogP contribution is -2.38. The molecular formula is C18H21N3O4. The monoisotopic (exact) mass is 343 g/mol. The van der Waals surface area contributed by atoms with Gasteiger partial charge in [0.2, 0.25) is 0 Å². The summed E-state index contributed by atoms with van der Waals surface area (Å²) in [7, 11) is 0. The van der Waals surface area contributed by atoms with Crippen molar-refractivity contribution in [1.29, 1.82) is 0 Å². The van der Waals surface area contributed by atoms with Gasteiger partial charge in [-0.15, -0.1) is 0 Å². The van der Waals surface area contributed by atoms with Crippen molar-refractivity contribution in [2.75, 3.05) is 0 Å². The normalized spacial score (nSPS) is 20.2. The Morgan fingerprint density at radius 3 is 2.40 bits per heavy atom. The number of carboxylic acids is 1. The molecule has 7 heteroatoms. The highest BCUT2D eigenvalue weighted by Crippen LogP contribution is 2.24. The van der Waals surface area contributed by atoms with E-state index in [-0.39, 0.29) is 29.1 Å². The van der Waals surface area contributed by atoms with E-state index in [2.05, 4.69) is 10.4 Å². The Kier molecular flexibility index (Phi) is 4.74. The van der Waals surface area contributed by atoms with Crippen molar-refractivity contribution < 1.29 is 14.7 Å². The summed E-state index contributed by atoms with van der Waals surface area (Å²) in [5.41, 5.74) is 1.64. The number of aromatic amines is 1. The smallest absolute Gasteiger partial charge is 0.306 e. The molecule has 0 unspecified atom stereocenters. The molecule has 1 fully saturated rings. The summed E-state index contributed by atoms with van der Waals surface area (Å²) >= 11 is 0. The second-order valence-corrected chi connectivity index (χ2v) is 6.54. The van der Waals surface area contributed by atoms with Gasteiger partial charge in [0.1, 0.15) is 5.69 Å². The standard InChI is InChI=1S/C18H21N3O4/c1-11-2-8-14(9-3-11)21-16(22)10-15(20-21)17(23)19-13-6-4-12(5-7-13)18(24)25/h2-3,8-10,12-13,20H,4-7H2,1H3,(H,19,23)(H,24,25). The molecule has 0 radical (unpaired) electrons. The minimum absolute atomic E-state index is 0.0608. The largest absolute Gasteiger partial charge is 0.481 e. The molecule has 0 aliphatic heterocycles. The van der Waals surface area contributed by atoms with Crippen LogP contribution in [0, 0.1) is 12.8 Å². The number of carboxylic acid groups (broad SMARTS) is 1. The second-order valence-electron chi connectivity index (χ2n) is 6.54. The lowest BCUT2D eigenvalue weighted by Gasteiger charge is -2.26. The van der Waals surface area contributed by atoms with Crippen LogP contribution in [0.2, 0.25) is 0 Å². The number of aryl methyl sites for hydroxylation is 1. The molecule has 2 aromatic rings. The number of carbonyl (C=O) groups excluding carboxylic acids is 1. The number of aromatic nitrogens is 2. The third kappa shape index (κ3) is 3.81. The topological polar surface area (TPSA) is 104 Å². The van der Waals surface area contributed by atoms with E-state index in [0.29, 0.717) is 31.4 Å². The average Bonchev–Trinajstić information content (AvgIpc) is 2.98. The lowest BCUT2D eigenvalue weighted by atomic mass is 9.86. The SMILES string of the molecule is Cc1ccc(-n2[nH]c(C(=O)NC3CCC(C(=O)O)CC3)cc2=O)cc1. The van der Waals surface area contributed by atoms with E-state index >= 15 is 0 Å². The summed E-state index contributed by atoms with van der Waals surface area (Å²) in [5, 5.41) is 14.7. The molecule has 1 aliphatic carbocycles. The molecule has 1 saturated carbocycles. The molecule has 1 heterocycles. The van der Waals surface area contributed by atoms with E-state index in [4.69, 9.17) is 5.11 Å². The van der Waals surface area contributed by atoms with Gasteiger partial charge < -0.3 is 10.4 Å². The number of aliphatic carboxylic acids is 1. The van der Waals surface area contributed by atoms with Gasteiger partial charge in [-0.2, -0.15) is 0 Å². The van der Waals surface area contributed by atoms with Crippen LogP contribution in [-0.2, 0) is 4.79 Å². The Morgan fingerprint density at radius 1 is 1.16 bits per heavy atom. The third-order valence-electron chi connectivity index (χ3n) is 4.67. The zero-order valence-electron chi connectivity index (χ0n) is 14.0. The van der Waals surface area contributed by atoms with Crippen LogP contribution in [0.1, 0.15) is 41.7 Å². The van der Waals surface area contributed by atoms with Crippen molar-refractivity contribution in [3.63, 3.8) is 0 Å². The number of hydrogen-bond acceptors (Lipinski definition) is 3. The maximum absolute atomic E-state index is 12.4. The van der Waals surface area contributed by atoms with Crippen LogP contribution >= 0.6 is 0 Å². The van der Waals surface area contributed by atoms with Crippen LogP contribution in [0.25, 0.3) is 5.69 Å². The minimum Gasteiger partial charge on any atom is -0.481 e. The predicted molar refractivity (Wildman–Crippen MR) is 92.0 cm³/mol. The maximum Gasteiger partial charge on any atom is 0.306 e. The van der Waals surface area contributed by atoms with Gasteiger partial charge in [0.15, 0.2) is 0 Å². The summed E-state index contributed by atoms with van der Waals surface area (Å²) in [4.78, 5) is 35.5. The van der Waals surface area contributed by atoms with E-state index in [1.807, 2.05) is 31.2 Å². The second kappa shape index (κ2) is 6.96. The van der Waals surface area contributed by atoms with Gasteiger partial charge in [0.05, 0.1) is 11.6 Å². The number of carbonyl (C=O) groups is 2. The van der Waals surface area contributed by atoms with Crippen molar-refractivity contribution in [2.24, 2.45) is 5.92 Å².